The van der Waals surface area contributed by atoms with Crippen LogP contribution in [0, 0.1) is 0 Å². The van der Waals surface area contributed by atoms with E-state index in [0.717, 1.165) is 0 Å². The van der Waals surface area contributed by atoms with Gasteiger partial charge in [-0.25, -0.2) is 0 Å². The Kier molecular flexibility index (Phi) is 13.2. The summed E-state index contributed by atoms with van der Waals surface area (Å²) in [7, 11) is -11.8. The van der Waals surface area contributed by atoms with Crippen LogP contribution in [0.5, 0.6) is 11.5 Å². The minimum Gasteiger partial charge on any atom is -0.507 e. The van der Waals surface area contributed by atoms with Crippen molar-refractivity contribution in [1.82, 2.24) is 9.80 Å². The summed E-state index contributed by atoms with van der Waals surface area (Å²) in [5.41, 5.74) is 1.03. The van der Waals surface area contributed by atoms with Gasteiger partial charge in [0.15, 0.2) is 8.32 Å². The molecule has 0 heterocycles. The molecule has 16 heteroatoms. The van der Waals surface area contributed by atoms with Gasteiger partial charge in [0, 0.05) is 47.9 Å². The zero-order valence-corrected chi connectivity index (χ0v) is 28.1. The third-order valence-electron chi connectivity index (χ3n) is 7.69. The number of aliphatic hydroxyl groups is 2. The van der Waals surface area contributed by atoms with Crippen LogP contribution in [0.2, 0.25) is 18.1 Å². The fraction of sp³-hybridized carbons (Fsp3) is 0.556. The predicted molar refractivity (Wildman–Crippen MR) is 165 cm³/mol. The van der Waals surface area contributed by atoms with Gasteiger partial charge in [0.25, 0.3) is 0 Å². The molecule has 43 heavy (non-hydrogen) atoms. The molecule has 0 amide bonds. The lowest BCUT2D eigenvalue weighted by atomic mass is 10.1. The van der Waals surface area contributed by atoms with Crippen LogP contribution in [0.3, 0.4) is 0 Å². The second-order valence-corrected chi connectivity index (χ2v) is 20.3. The summed E-state index contributed by atoms with van der Waals surface area (Å²) < 4.78 is 31.0. The number of aromatic hydroxyl groups is 2. The number of phenols is 2. The molecule has 2 aromatic rings. The Morgan fingerprint density at radius 2 is 1.23 bits per heavy atom. The first kappa shape index (κ1) is 37.5. The fourth-order valence-electron chi connectivity index (χ4n) is 4.32. The highest BCUT2D eigenvalue weighted by molar-refractivity contribution is 7.51. The van der Waals surface area contributed by atoms with Crippen molar-refractivity contribution in [2.75, 3.05) is 25.7 Å². The highest BCUT2D eigenvalue weighted by Gasteiger charge is 2.39. The van der Waals surface area contributed by atoms with Crippen LogP contribution in [0.1, 0.15) is 43.0 Å². The van der Waals surface area contributed by atoms with Crippen LogP contribution >= 0.6 is 15.2 Å². The number of hydrogen-bond donors (Lipinski definition) is 8. The quantitative estimate of drug-likeness (QED) is 0.0959. The maximum Gasteiger partial charge on any atom is 0.339 e. The number of hydrogen-bond acceptors (Lipinski definition) is 9. The first-order valence-electron chi connectivity index (χ1n) is 13.7. The molecule has 2 aromatic carbocycles. The second kappa shape index (κ2) is 15.1. The monoisotopic (exact) mass is 664 g/mol. The van der Waals surface area contributed by atoms with E-state index < -0.39 is 55.3 Å². The zero-order valence-electron chi connectivity index (χ0n) is 25.3. The summed E-state index contributed by atoms with van der Waals surface area (Å²) in [6.45, 7) is 8.63. The van der Waals surface area contributed by atoms with Crippen LogP contribution in [-0.2, 0) is 39.9 Å². The summed E-state index contributed by atoms with van der Waals surface area (Å²) in [6.07, 6.45) is -1.49. The Hall–Kier alpha value is -1.64. The minimum atomic E-state index is -4.70. The average molecular weight is 665 g/mol. The number of nitrogens with zero attached hydrogens (tertiary/aromatic N) is 2. The predicted octanol–water partition coefficient (Wildman–Crippen LogP) is 3.05. The lowest BCUT2D eigenvalue weighted by Gasteiger charge is -2.41. The molecule has 0 bridgehead atoms. The standard InChI is InChI=1S/C27H46N2O11P2Si/c1-27(2,3)43(4,5)40-17-24(29(19-42(37,38)39)13-21-9-7-11-23(16-31)26(21)33)14-28(18-41(34,35)36)12-20-8-6-10-22(15-30)25(20)32/h6-11,24,30-33H,12-19H2,1-5H3,(H2,34,35,36)(H2,37,38,39). The Bertz CT molecular complexity index is 1310. The van der Waals surface area contributed by atoms with Gasteiger partial charge >= 0.3 is 15.2 Å². The SMILES string of the molecule is CC(C)(C)[Si](C)(C)OCC(CN(Cc1cccc(CO)c1O)CP(=O)(O)O)N(Cc1cccc(CO)c1O)CP(=O)(O)O. The maximum atomic E-state index is 12.3. The molecular formula is C27H46N2O11P2Si. The molecule has 0 saturated heterocycles. The van der Waals surface area contributed by atoms with Crippen molar-refractivity contribution in [1.29, 1.82) is 0 Å². The summed E-state index contributed by atoms with van der Waals surface area (Å²) in [5.74, 6) is -0.463. The van der Waals surface area contributed by atoms with Crippen molar-refractivity contribution in [3.05, 3.63) is 58.7 Å². The molecule has 0 radical (unpaired) electrons. The van der Waals surface area contributed by atoms with Crippen molar-refractivity contribution in [2.45, 2.75) is 71.2 Å². The first-order chi connectivity index (χ1) is 19.7. The zero-order chi connectivity index (χ0) is 32.8. The molecule has 0 fully saturated rings. The van der Waals surface area contributed by atoms with Gasteiger partial charge < -0.3 is 44.4 Å². The normalized spacial score (nSPS) is 14.1. The summed E-state index contributed by atoms with van der Waals surface area (Å²) >= 11 is 0. The van der Waals surface area contributed by atoms with Crippen LogP contribution in [0.15, 0.2) is 36.4 Å². The lowest BCUT2D eigenvalue weighted by molar-refractivity contribution is 0.0939. The average Bonchev–Trinajstić information content (AvgIpc) is 2.86. The van der Waals surface area contributed by atoms with Crippen molar-refractivity contribution in [3.8, 4) is 11.5 Å². The number of para-hydroxylation sites is 2. The van der Waals surface area contributed by atoms with Crippen LogP contribution in [0.25, 0.3) is 0 Å². The van der Waals surface area contributed by atoms with E-state index in [2.05, 4.69) is 0 Å². The molecular weight excluding hydrogens is 618 g/mol. The van der Waals surface area contributed by atoms with Gasteiger partial charge in [0.2, 0.25) is 0 Å². The molecule has 13 nitrogen and oxygen atoms in total. The Morgan fingerprint density at radius 1 is 0.791 bits per heavy atom. The van der Waals surface area contributed by atoms with E-state index in [4.69, 9.17) is 4.43 Å². The van der Waals surface area contributed by atoms with Crippen molar-refractivity contribution in [3.63, 3.8) is 0 Å². The molecule has 2 rings (SSSR count). The highest BCUT2D eigenvalue weighted by Crippen LogP contribution is 2.41. The van der Waals surface area contributed by atoms with Gasteiger partial charge in [-0.1, -0.05) is 57.2 Å². The van der Waals surface area contributed by atoms with Crippen LogP contribution in [0.4, 0.5) is 0 Å². The number of benzene rings is 2. The molecule has 1 atom stereocenters. The van der Waals surface area contributed by atoms with Crippen molar-refractivity contribution >= 4 is 23.5 Å². The first-order valence-corrected chi connectivity index (χ1v) is 20.2. The van der Waals surface area contributed by atoms with E-state index in [9.17, 15) is 49.1 Å². The van der Waals surface area contributed by atoms with E-state index in [-0.39, 0.29) is 59.5 Å². The summed E-state index contributed by atoms with van der Waals surface area (Å²) in [6, 6.07) is 8.45. The molecule has 0 aromatic heterocycles. The largest absolute Gasteiger partial charge is 0.507 e. The van der Waals surface area contributed by atoms with Gasteiger partial charge in [-0.15, -0.1) is 0 Å². The Balaban J connectivity index is 2.61. The summed E-state index contributed by atoms with van der Waals surface area (Å²) in [5, 5.41) is 40.3. The van der Waals surface area contributed by atoms with Crippen molar-refractivity contribution < 1.29 is 53.6 Å². The molecule has 1 unspecified atom stereocenters. The Labute approximate surface area is 253 Å². The molecule has 0 aliphatic carbocycles. The topological polar surface area (TPSA) is 212 Å². The maximum absolute atomic E-state index is 12.3. The third-order valence-corrected chi connectivity index (χ3v) is 13.7. The minimum absolute atomic E-state index is 0.0583. The summed E-state index contributed by atoms with van der Waals surface area (Å²) in [4.78, 5) is 42.7. The molecule has 0 aliphatic heterocycles. The van der Waals surface area contributed by atoms with E-state index in [1.165, 1.54) is 21.9 Å². The van der Waals surface area contributed by atoms with E-state index >= 15 is 0 Å². The fourth-order valence-corrected chi connectivity index (χ4v) is 6.90. The van der Waals surface area contributed by atoms with Gasteiger partial charge in [-0.3, -0.25) is 18.9 Å². The number of rotatable bonds is 16. The van der Waals surface area contributed by atoms with Crippen LogP contribution in [-0.4, -0.2) is 89.9 Å². The van der Waals surface area contributed by atoms with Gasteiger partial charge in [-0.2, -0.15) is 0 Å². The number of aliphatic hydroxyl groups excluding tert-OH is 2. The molecule has 8 N–H and O–H groups in total. The van der Waals surface area contributed by atoms with E-state index in [0.29, 0.717) is 5.56 Å². The molecule has 0 aliphatic rings. The van der Waals surface area contributed by atoms with Crippen molar-refractivity contribution in [2.24, 2.45) is 0 Å². The Morgan fingerprint density at radius 3 is 1.65 bits per heavy atom. The van der Waals surface area contributed by atoms with Gasteiger partial charge in [0.05, 0.1) is 19.8 Å². The molecule has 0 saturated carbocycles. The van der Waals surface area contributed by atoms with E-state index in [1.54, 1.807) is 24.3 Å². The lowest BCUT2D eigenvalue weighted by Crippen LogP contribution is -2.50. The highest BCUT2D eigenvalue weighted by atomic mass is 31.2. The van der Waals surface area contributed by atoms with Gasteiger partial charge in [0.1, 0.15) is 24.1 Å². The van der Waals surface area contributed by atoms with Crippen LogP contribution < -0.4 is 0 Å². The smallest absolute Gasteiger partial charge is 0.339 e. The molecule has 244 valence electrons. The van der Waals surface area contributed by atoms with E-state index in [1.807, 2.05) is 33.9 Å². The molecule has 0 spiro atoms. The van der Waals surface area contributed by atoms with Gasteiger partial charge in [-0.05, 0) is 18.1 Å². The second-order valence-electron chi connectivity index (χ2n) is 12.3. The third kappa shape index (κ3) is 11.7.